The van der Waals surface area contributed by atoms with Crippen molar-refractivity contribution >= 4 is 14.8 Å². The highest BCUT2D eigenvalue weighted by Gasteiger charge is 2.34. The van der Waals surface area contributed by atoms with Gasteiger partial charge in [0.25, 0.3) is 0 Å². The summed E-state index contributed by atoms with van der Waals surface area (Å²) in [6, 6.07) is 0. The van der Waals surface area contributed by atoms with Crippen LogP contribution in [0.5, 0.6) is 0 Å². The van der Waals surface area contributed by atoms with Crippen LogP contribution in [0.3, 0.4) is 0 Å². The molecule has 0 radical (unpaired) electrons. The molecule has 0 spiro atoms. The fraction of sp³-hybridized carbons (Fsp3) is 0.727. The minimum Gasteiger partial charge on any atom is -0.462 e. The van der Waals surface area contributed by atoms with Crippen molar-refractivity contribution in [2.75, 3.05) is 20.3 Å². The molecule has 6 heteroatoms. The lowest BCUT2D eigenvalue weighted by atomic mass is 10.3. The predicted octanol–water partition coefficient (Wildman–Crippen LogP) is 1.76. The van der Waals surface area contributed by atoms with E-state index in [9.17, 15) is 4.79 Å². The molecule has 0 N–H and O–H groups in total. The molecule has 0 heterocycles. The van der Waals surface area contributed by atoms with Gasteiger partial charge in [0.1, 0.15) is 0 Å². The monoisotopic (exact) mass is 262 g/mol. The lowest BCUT2D eigenvalue weighted by molar-refractivity contribution is -0.138. The maximum absolute atomic E-state index is 10.8. The van der Waals surface area contributed by atoms with E-state index in [4.69, 9.17) is 18.0 Å². The van der Waals surface area contributed by atoms with E-state index in [1.807, 2.05) is 20.4 Å². The van der Waals surface area contributed by atoms with Gasteiger partial charge >= 0.3 is 14.8 Å². The summed E-state index contributed by atoms with van der Waals surface area (Å²) in [6.45, 7) is 9.79. The van der Waals surface area contributed by atoms with Gasteiger partial charge in [0.2, 0.25) is 0 Å². The number of hydrogen-bond donors (Lipinski definition) is 0. The Hall–Kier alpha value is -0.693. The van der Waals surface area contributed by atoms with E-state index in [2.05, 4.69) is 6.58 Å². The molecular weight excluding hydrogens is 240 g/mol. The lowest BCUT2D eigenvalue weighted by Crippen LogP contribution is -2.44. The van der Waals surface area contributed by atoms with Gasteiger partial charge in [-0.2, -0.15) is 0 Å². The summed E-state index contributed by atoms with van der Waals surface area (Å²) in [5.74, 6) is -0.422. The van der Waals surface area contributed by atoms with E-state index in [0.29, 0.717) is 19.6 Å². The van der Waals surface area contributed by atoms with E-state index in [-0.39, 0.29) is 6.10 Å². The van der Waals surface area contributed by atoms with Crippen LogP contribution in [0, 0.1) is 0 Å². The third-order valence-electron chi connectivity index (χ3n) is 2.13. The van der Waals surface area contributed by atoms with E-state index < -0.39 is 14.8 Å². The Morgan fingerprint density at radius 3 is 2.65 bits per heavy atom. The number of carbonyl (C=O) groups excluding carboxylic acids is 1. The summed E-state index contributed by atoms with van der Waals surface area (Å²) in [5.41, 5.74) is 0. The predicted molar refractivity (Wildman–Crippen MR) is 66.6 cm³/mol. The van der Waals surface area contributed by atoms with Crippen LogP contribution < -0.4 is 0 Å². The molecule has 0 bridgehead atoms. The molecule has 0 aliphatic heterocycles. The van der Waals surface area contributed by atoms with Crippen molar-refractivity contribution in [3.05, 3.63) is 12.7 Å². The molecule has 0 amide bonds. The second kappa shape index (κ2) is 8.41. The van der Waals surface area contributed by atoms with Crippen LogP contribution in [0.2, 0.25) is 6.55 Å². The second-order valence-electron chi connectivity index (χ2n) is 3.59. The Morgan fingerprint density at radius 2 is 2.18 bits per heavy atom. The Kier molecular flexibility index (Phi) is 8.06. The summed E-state index contributed by atoms with van der Waals surface area (Å²) < 4.78 is 21.3. The van der Waals surface area contributed by atoms with Crippen molar-refractivity contribution in [3.8, 4) is 0 Å². The summed E-state index contributed by atoms with van der Waals surface area (Å²) in [4.78, 5) is 10.8. The van der Waals surface area contributed by atoms with Gasteiger partial charge in [0.05, 0.1) is 6.61 Å². The molecule has 5 nitrogen and oxygen atoms in total. The fourth-order valence-corrected chi connectivity index (χ4v) is 2.87. The quantitative estimate of drug-likeness (QED) is 0.360. The van der Waals surface area contributed by atoms with Gasteiger partial charge in [-0.3, -0.25) is 0 Å². The van der Waals surface area contributed by atoms with Crippen LogP contribution >= 0.6 is 0 Å². The van der Waals surface area contributed by atoms with Crippen LogP contribution in [0.15, 0.2) is 12.7 Å². The average molecular weight is 262 g/mol. The number of rotatable bonds is 9. The van der Waals surface area contributed by atoms with E-state index in [1.54, 1.807) is 7.11 Å². The molecule has 0 saturated heterocycles. The zero-order valence-electron chi connectivity index (χ0n) is 11.0. The Labute approximate surface area is 104 Å². The molecule has 100 valence electrons. The molecule has 2 unspecified atom stereocenters. The zero-order valence-corrected chi connectivity index (χ0v) is 12.0. The second-order valence-corrected chi connectivity index (χ2v) is 6.25. The smallest absolute Gasteiger partial charge is 0.462 e. The van der Waals surface area contributed by atoms with E-state index in [1.165, 1.54) is 0 Å². The standard InChI is InChI=1S/C11H22O5Si/c1-6-11(12)14-9-8-10(3)16-17(5,13-4)15-7-2/h6,10H,1,7-9H2,2-5H3. The minimum atomic E-state index is -2.53. The molecule has 0 aliphatic carbocycles. The summed E-state index contributed by atoms with van der Waals surface area (Å²) in [7, 11) is -0.957. The highest BCUT2D eigenvalue weighted by Crippen LogP contribution is 2.12. The first-order valence-electron chi connectivity index (χ1n) is 5.63. The lowest BCUT2D eigenvalue weighted by Gasteiger charge is -2.27. The molecule has 2 atom stereocenters. The molecule has 0 fully saturated rings. The highest BCUT2D eigenvalue weighted by molar-refractivity contribution is 6.59. The first kappa shape index (κ1) is 16.3. The summed E-state index contributed by atoms with van der Waals surface area (Å²) in [5, 5.41) is 0. The summed E-state index contributed by atoms with van der Waals surface area (Å²) in [6.07, 6.45) is 1.65. The number of carbonyl (C=O) groups is 1. The fourth-order valence-electron chi connectivity index (χ4n) is 1.21. The van der Waals surface area contributed by atoms with Crippen LogP contribution in [0.4, 0.5) is 0 Å². The van der Waals surface area contributed by atoms with Crippen molar-refractivity contribution in [3.63, 3.8) is 0 Å². The molecule has 0 rings (SSSR count). The zero-order chi connectivity index (χ0) is 13.3. The van der Waals surface area contributed by atoms with Crippen molar-refractivity contribution in [1.82, 2.24) is 0 Å². The first-order chi connectivity index (χ1) is 7.97. The maximum atomic E-state index is 10.8. The highest BCUT2D eigenvalue weighted by atomic mass is 28.4. The largest absolute Gasteiger partial charge is 0.497 e. The van der Waals surface area contributed by atoms with Crippen LogP contribution in [-0.2, 0) is 22.8 Å². The Morgan fingerprint density at radius 1 is 1.53 bits per heavy atom. The van der Waals surface area contributed by atoms with Gasteiger partial charge in [-0.1, -0.05) is 6.58 Å². The third-order valence-corrected chi connectivity index (χ3v) is 4.51. The minimum absolute atomic E-state index is 0.0872. The Bertz CT molecular complexity index is 246. The molecule has 17 heavy (non-hydrogen) atoms. The van der Waals surface area contributed by atoms with Gasteiger partial charge in [-0.05, 0) is 13.8 Å². The molecular formula is C11H22O5Si. The molecule has 0 saturated carbocycles. The van der Waals surface area contributed by atoms with Crippen LogP contribution in [0.1, 0.15) is 20.3 Å². The number of ether oxygens (including phenoxy) is 1. The molecule has 0 aromatic rings. The van der Waals surface area contributed by atoms with Gasteiger partial charge in [-0.15, -0.1) is 0 Å². The van der Waals surface area contributed by atoms with Gasteiger partial charge < -0.3 is 18.0 Å². The average Bonchev–Trinajstić information content (AvgIpc) is 2.29. The number of esters is 1. The van der Waals surface area contributed by atoms with Crippen molar-refractivity contribution < 1.29 is 22.8 Å². The normalized spacial score (nSPS) is 16.0. The maximum Gasteiger partial charge on any atom is 0.497 e. The van der Waals surface area contributed by atoms with E-state index in [0.717, 1.165) is 6.08 Å². The van der Waals surface area contributed by atoms with Gasteiger partial charge in [-0.25, -0.2) is 4.79 Å². The van der Waals surface area contributed by atoms with Gasteiger partial charge in [0.15, 0.2) is 0 Å². The van der Waals surface area contributed by atoms with Crippen molar-refractivity contribution in [2.45, 2.75) is 32.9 Å². The van der Waals surface area contributed by atoms with Gasteiger partial charge in [0, 0.05) is 38.9 Å². The van der Waals surface area contributed by atoms with Crippen LogP contribution in [0.25, 0.3) is 0 Å². The SMILES string of the molecule is C=CC(=O)OCCC(C)O[Si](C)(OC)OCC. The molecule has 0 aromatic carbocycles. The topological polar surface area (TPSA) is 54.0 Å². The first-order valence-corrected chi connectivity index (χ1v) is 7.86. The molecule has 0 aromatic heterocycles. The van der Waals surface area contributed by atoms with E-state index >= 15 is 0 Å². The summed E-state index contributed by atoms with van der Waals surface area (Å²) >= 11 is 0. The third kappa shape index (κ3) is 7.27. The Balaban J connectivity index is 3.94. The molecule has 0 aliphatic rings. The van der Waals surface area contributed by atoms with Crippen molar-refractivity contribution in [1.29, 1.82) is 0 Å². The van der Waals surface area contributed by atoms with Crippen LogP contribution in [-0.4, -0.2) is 41.2 Å². The number of hydrogen-bond acceptors (Lipinski definition) is 5. The van der Waals surface area contributed by atoms with Crippen molar-refractivity contribution in [2.24, 2.45) is 0 Å².